The van der Waals surface area contributed by atoms with Gasteiger partial charge < -0.3 is 14.2 Å². The van der Waals surface area contributed by atoms with Crippen LogP contribution in [-0.2, 0) is 14.2 Å². The maximum Gasteiger partial charge on any atom is 0.0700 e. The van der Waals surface area contributed by atoms with Crippen LogP contribution in [0, 0.1) is 10.8 Å². The van der Waals surface area contributed by atoms with Gasteiger partial charge >= 0.3 is 0 Å². The maximum absolute atomic E-state index is 5.78. The molecule has 18 heavy (non-hydrogen) atoms. The summed E-state index contributed by atoms with van der Waals surface area (Å²) in [4.78, 5) is 0. The van der Waals surface area contributed by atoms with Crippen LogP contribution >= 0.6 is 0 Å². The van der Waals surface area contributed by atoms with Crippen LogP contribution in [0.5, 0.6) is 0 Å². The lowest BCUT2D eigenvalue weighted by Gasteiger charge is -2.41. The van der Waals surface area contributed by atoms with Crippen LogP contribution in [0.4, 0.5) is 0 Å². The Kier molecular flexibility index (Phi) is 5.05. The van der Waals surface area contributed by atoms with Gasteiger partial charge in [0, 0.05) is 5.41 Å². The van der Waals surface area contributed by atoms with Gasteiger partial charge in [0.2, 0.25) is 0 Å². The standard InChI is InChI=1S/C15H28O3/c1-3-14(6-5-7-14)10-16-8-9-17-11-15(4-2)12-18-13-15/h3-13H2,1-2H3. The van der Waals surface area contributed by atoms with Crippen molar-refractivity contribution < 1.29 is 14.2 Å². The van der Waals surface area contributed by atoms with Gasteiger partial charge in [-0.1, -0.05) is 20.3 Å². The zero-order valence-electron chi connectivity index (χ0n) is 12.0. The van der Waals surface area contributed by atoms with Crippen LogP contribution < -0.4 is 0 Å². The predicted octanol–water partition coefficient (Wildman–Crippen LogP) is 3.03. The summed E-state index contributed by atoms with van der Waals surface area (Å²) in [5.74, 6) is 0. The Balaban J connectivity index is 1.49. The van der Waals surface area contributed by atoms with Crippen LogP contribution in [0.1, 0.15) is 46.0 Å². The van der Waals surface area contributed by atoms with Crippen LogP contribution in [0.15, 0.2) is 0 Å². The lowest BCUT2D eigenvalue weighted by molar-refractivity contribution is -0.154. The Bertz CT molecular complexity index is 207. The zero-order chi connectivity index (χ0) is 12.9. The molecule has 0 atom stereocenters. The predicted molar refractivity (Wildman–Crippen MR) is 71.8 cm³/mol. The van der Waals surface area contributed by atoms with E-state index < -0.39 is 0 Å². The molecular formula is C15H28O3. The lowest BCUT2D eigenvalue weighted by Crippen LogP contribution is -2.45. The van der Waals surface area contributed by atoms with E-state index in [1.54, 1.807) is 0 Å². The summed E-state index contributed by atoms with van der Waals surface area (Å²) in [6.45, 7) is 9.43. The molecule has 0 bridgehead atoms. The van der Waals surface area contributed by atoms with Crippen molar-refractivity contribution in [3.8, 4) is 0 Å². The molecule has 0 amide bonds. The van der Waals surface area contributed by atoms with E-state index in [-0.39, 0.29) is 0 Å². The van der Waals surface area contributed by atoms with Gasteiger partial charge in [0.1, 0.15) is 0 Å². The van der Waals surface area contributed by atoms with E-state index in [2.05, 4.69) is 13.8 Å². The first-order valence-electron chi connectivity index (χ1n) is 7.47. The van der Waals surface area contributed by atoms with Gasteiger partial charge in [-0.3, -0.25) is 0 Å². The molecule has 1 heterocycles. The van der Waals surface area contributed by atoms with Gasteiger partial charge in [0.05, 0.1) is 39.6 Å². The first-order chi connectivity index (χ1) is 8.74. The van der Waals surface area contributed by atoms with Gasteiger partial charge in [-0.15, -0.1) is 0 Å². The second-order valence-electron chi connectivity index (χ2n) is 6.16. The highest BCUT2D eigenvalue weighted by Crippen LogP contribution is 2.43. The molecule has 0 N–H and O–H groups in total. The van der Waals surface area contributed by atoms with Crippen LogP contribution in [0.2, 0.25) is 0 Å². The highest BCUT2D eigenvalue weighted by atomic mass is 16.5. The van der Waals surface area contributed by atoms with E-state index in [0.717, 1.165) is 46.1 Å². The Labute approximate surface area is 111 Å². The Morgan fingerprint density at radius 1 is 0.889 bits per heavy atom. The minimum atomic E-state index is 0.304. The quantitative estimate of drug-likeness (QED) is 0.593. The van der Waals surface area contributed by atoms with Crippen molar-refractivity contribution in [1.29, 1.82) is 0 Å². The van der Waals surface area contributed by atoms with E-state index in [0.29, 0.717) is 10.8 Å². The first-order valence-corrected chi connectivity index (χ1v) is 7.47. The fraction of sp³-hybridized carbons (Fsp3) is 1.00. The highest BCUT2D eigenvalue weighted by molar-refractivity contribution is 4.86. The third-order valence-corrected chi connectivity index (χ3v) is 4.92. The molecular weight excluding hydrogens is 228 g/mol. The van der Waals surface area contributed by atoms with Crippen LogP contribution in [0.3, 0.4) is 0 Å². The van der Waals surface area contributed by atoms with Crippen molar-refractivity contribution >= 4 is 0 Å². The molecule has 2 rings (SSSR count). The molecule has 1 aliphatic carbocycles. The Morgan fingerprint density at radius 3 is 1.78 bits per heavy atom. The average molecular weight is 256 g/mol. The number of ether oxygens (including phenoxy) is 3. The van der Waals surface area contributed by atoms with Crippen molar-refractivity contribution in [1.82, 2.24) is 0 Å². The minimum Gasteiger partial charge on any atom is -0.380 e. The molecule has 106 valence electrons. The van der Waals surface area contributed by atoms with Gasteiger partial charge in [0.15, 0.2) is 0 Å². The molecule has 0 spiro atoms. The maximum atomic E-state index is 5.78. The zero-order valence-corrected chi connectivity index (χ0v) is 12.0. The normalized spacial score (nSPS) is 24.3. The monoisotopic (exact) mass is 256 g/mol. The Hall–Kier alpha value is -0.120. The van der Waals surface area contributed by atoms with Gasteiger partial charge in [0.25, 0.3) is 0 Å². The van der Waals surface area contributed by atoms with Gasteiger partial charge in [-0.2, -0.15) is 0 Å². The summed E-state index contributed by atoms with van der Waals surface area (Å²) in [6, 6.07) is 0. The van der Waals surface area contributed by atoms with E-state index in [4.69, 9.17) is 14.2 Å². The first kappa shape index (κ1) is 14.3. The summed E-state index contributed by atoms with van der Waals surface area (Å²) >= 11 is 0. The molecule has 0 unspecified atom stereocenters. The topological polar surface area (TPSA) is 27.7 Å². The lowest BCUT2D eigenvalue weighted by atomic mass is 9.68. The molecule has 2 fully saturated rings. The van der Waals surface area contributed by atoms with Crippen molar-refractivity contribution in [3.63, 3.8) is 0 Å². The van der Waals surface area contributed by atoms with Crippen LogP contribution in [-0.4, -0.2) is 39.6 Å². The minimum absolute atomic E-state index is 0.304. The molecule has 0 aromatic carbocycles. The molecule has 0 aromatic rings. The highest BCUT2D eigenvalue weighted by Gasteiger charge is 2.37. The molecule has 2 aliphatic rings. The van der Waals surface area contributed by atoms with E-state index >= 15 is 0 Å². The molecule has 1 saturated carbocycles. The number of hydrogen-bond acceptors (Lipinski definition) is 3. The molecule has 3 heteroatoms. The van der Waals surface area contributed by atoms with Gasteiger partial charge in [-0.05, 0) is 31.1 Å². The fourth-order valence-electron chi connectivity index (χ4n) is 2.75. The van der Waals surface area contributed by atoms with E-state index in [9.17, 15) is 0 Å². The van der Waals surface area contributed by atoms with Crippen molar-refractivity contribution in [2.45, 2.75) is 46.0 Å². The van der Waals surface area contributed by atoms with Crippen molar-refractivity contribution in [2.75, 3.05) is 39.6 Å². The van der Waals surface area contributed by atoms with Gasteiger partial charge in [-0.25, -0.2) is 0 Å². The third-order valence-electron chi connectivity index (χ3n) is 4.92. The van der Waals surface area contributed by atoms with Crippen LogP contribution in [0.25, 0.3) is 0 Å². The molecule has 1 aliphatic heterocycles. The third kappa shape index (κ3) is 3.25. The second kappa shape index (κ2) is 6.36. The number of rotatable bonds is 9. The fourth-order valence-corrected chi connectivity index (χ4v) is 2.75. The molecule has 0 radical (unpaired) electrons. The second-order valence-corrected chi connectivity index (χ2v) is 6.16. The average Bonchev–Trinajstić information content (AvgIpc) is 2.29. The summed E-state index contributed by atoms with van der Waals surface area (Å²) in [5, 5.41) is 0. The summed E-state index contributed by atoms with van der Waals surface area (Å²) in [6.07, 6.45) is 6.48. The van der Waals surface area contributed by atoms with Crippen molar-refractivity contribution in [2.24, 2.45) is 10.8 Å². The summed E-state index contributed by atoms with van der Waals surface area (Å²) in [5.41, 5.74) is 0.811. The molecule has 1 saturated heterocycles. The summed E-state index contributed by atoms with van der Waals surface area (Å²) in [7, 11) is 0. The Morgan fingerprint density at radius 2 is 1.44 bits per heavy atom. The van der Waals surface area contributed by atoms with Crippen molar-refractivity contribution in [3.05, 3.63) is 0 Å². The largest absolute Gasteiger partial charge is 0.380 e. The SMILES string of the molecule is CCC1(COCCOCC2(CC)COC2)CCC1. The number of hydrogen-bond donors (Lipinski definition) is 0. The van der Waals surface area contributed by atoms with E-state index in [1.807, 2.05) is 0 Å². The molecule has 0 aromatic heterocycles. The molecule has 3 nitrogen and oxygen atoms in total. The summed E-state index contributed by atoms with van der Waals surface area (Å²) < 4.78 is 16.8. The smallest absolute Gasteiger partial charge is 0.0700 e. The van der Waals surface area contributed by atoms with E-state index in [1.165, 1.54) is 25.7 Å².